The first-order valence-electron chi connectivity index (χ1n) is 17.7. The summed E-state index contributed by atoms with van der Waals surface area (Å²) in [6.45, 7) is 14.3. The van der Waals surface area contributed by atoms with Crippen molar-refractivity contribution in [2.45, 2.75) is 70.2 Å². The van der Waals surface area contributed by atoms with Gasteiger partial charge in [-0.1, -0.05) is 6.58 Å². The SMILES string of the molecule is C=CC(=O)Nc1cc(Nc2cc(N3OCC[C@@H]3c3cc(F)cc(F)c3)ncn2)c(OC(C)C)cc1N1CCC(N2CCN(C3CC3)CC2)CC1. The molecule has 1 aromatic heterocycles. The van der Waals surface area contributed by atoms with Crippen LogP contribution in [0.4, 0.5) is 37.5 Å². The van der Waals surface area contributed by atoms with Crippen LogP contribution in [0.15, 0.2) is 55.4 Å². The van der Waals surface area contributed by atoms with Gasteiger partial charge in [0.05, 0.1) is 35.8 Å². The second-order valence-corrected chi connectivity index (χ2v) is 13.8. The number of nitrogens with one attached hydrogen (secondary N) is 2. The Labute approximate surface area is 292 Å². The first-order valence-corrected chi connectivity index (χ1v) is 17.7. The van der Waals surface area contributed by atoms with Crippen LogP contribution in [-0.4, -0.2) is 89.7 Å². The van der Waals surface area contributed by atoms with Gasteiger partial charge in [-0.2, -0.15) is 0 Å². The molecule has 1 saturated carbocycles. The van der Waals surface area contributed by atoms with E-state index in [1.165, 1.54) is 50.5 Å². The van der Waals surface area contributed by atoms with Crippen molar-refractivity contribution in [3.05, 3.63) is 72.6 Å². The number of amides is 1. The molecule has 0 bridgehead atoms. The highest BCUT2D eigenvalue weighted by Gasteiger charge is 2.34. The number of rotatable bonds is 11. The molecule has 4 fully saturated rings. The standard InChI is InChI=1S/C37H46F2N8O3/c1-4-37(48)43-30-20-31(42-35-22-36(41-23-40-35)47-32(9-16-49-47)25-17-26(38)19-27(39)18-25)34(50-24(2)3)21-33(30)46-10-7-29(8-11-46)45-14-12-44(13-15-45)28-5-6-28/h4,17-24,28-29,32H,1,5-16H2,2-3H3,(H,43,48)(H,40,41,42)/t32-/m1/s1. The third-order valence-electron chi connectivity index (χ3n) is 9.95. The molecule has 0 spiro atoms. The number of anilines is 5. The quantitative estimate of drug-likeness (QED) is 0.232. The van der Waals surface area contributed by atoms with Crippen molar-refractivity contribution in [1.82, 2.24) is 19.8 Å². The molecule has 1 atom stereocenters. The van der Waals surface area contributed by atoms with E-state index in [0.717, 1.165) is 56.8 Å². The summed E-state index contributed by atoms with van der Waals surface area (Å²) in [5.74, 6) is -0.133. The Hall–Kier alpha value is -4.33. The fourth-order valence-electron chi connectivity index (χ4n) is 7.38. The van der Waals surface area contributed by atoms with Gasteiger partial charge >= 0.3 is 0 Å². The van der Waals surface area contributed by atoms with Crippen molar-refractivity contribution in [3.8, 4) is 5.75 Å². The lowest BCUT2D eigenvalue weighted by Crippen LogP contribution is -2.53. The second-order valence-electron chi connectivity index (χ2n) is 13.8. The lowest BCUT2D eigenvalue weighted by Gasteiger charge is -2.43. The molecule has 4 heterocycles. The van der Waals surface area contributed by atoms with Crippen LogP contribution in [-0.2, 0) is 9.63 Å². The zero-order valence-corrected chi connectivity index (χ0v) is 28.8. The number of ether oxygens (including phenoxy) is 1. The molecule has 0 unspecified atom stereocenters. The number of piperazine rings is 1. The van der Waals surface area contributed by atoms with Crippen molar-refractivity contribution in [2.24, 2.45) is 0 Å². The molecule has 4 aliphatic rings. The molecule has 0 radical (unpaired) electrons. The normalized spacial score (nSPS) is 20.7. The summed E-state index contributed by atoms with van der Waals surface area (Å²) in [5, 5.41) is 7.93. The third kappa shape index (κ3) is 7.85. The van der Waals surface area contributed by atoms with Gasteiger partial charge in [0.2, 0.25) is 5.91 Å². The maximum Gasteiger partial charge on any atom is 0.247 e. The fraction of sp³-hybridized carbons (Fsp3) is 0.486. The Morgan fingerprint density at radius 1 is 0.900 bits per heavy atom. The van der Waals surface area contributed by atoms with E-state index in [1.54, 1.807) is 11.1 Å². The summed E-state index contributed by atoms with van der Waals surface area (Å²) in [6.07, 6.45) is 7.87. The molecule has 3 saturated heterocycles. The molecule has 13 heteroatoms. The van der Waals surface area contributed by atoms with E-state index >= 15 is 0 Å². The van der Waals surface area contributed by atoms with Crippen LogP contribution in [0.3, 0.4) is 0 Å². The van der Waals surface area contributed by atoms with E-state index in [1.807, 2.05) is 26.0 Å². The summed E-state index contributed by atoms with van der Waals surface area (Å²) in [5.41, 5.74) is 2.58. The Morgan fingerprint density at radius 2 is 1.58 bits per heavy atom. The predicted octanol–water partition coefficient (Wildman–Crippen LogP) is 6.04. The van der Waals surface area contributed by atoms with Gasteiger partial charge in [-0.3, -0.25) is 19.4 Å². The number of hydrogen-bond acceptors (Lipinski definition) is 10. The van der Waals surface area contributed by atoms with E-state index in [9.17, 15) is 13.6 Å². The molecule has 1 aliphatic carbocycles. The predicted molar refractivity (Wildman–Crippen MR) is 190 cm³/mol. The van der Waals surface area contributed by atoms with Crippen molar-refractivity contribution in [1.29, 1.82) is 0 Å². The minimum Gasteiger partial charge on any atom is -0.489 e. The number of benzene rings is 2. The number of carbonyl (C=O) groups is 1. The maximum absolute atomic E-state index is 14.1. The van der Waals surface area contributed by atoms with Gasteiger partial charge in [-0.15, -0.1) is 0 Å². The lowest BCUT2D eigenvalue weighted by molar-refractivity contribution is -0.111. The van der Waals surface area contributed by atoms with Crippen molar-refractivity contribution in [3.63, 3.8) is 0 Å². The number of nitrogens with zero attached hydrogens (tertiary/aromatic N) is 6. The van der Waals surface area contributed by atoms with E-state index in [2.05, 4.69) is 41.9 Å². The average molecular weight is 689 g/mol. The summed E-state index contributed by atoms with van der Waals surface area (Å²) < 4.78 is 34.5. The van der Waals surface area contributed by atoms with Crippen LogP contribution in [0.2, 0.25) is 0 Å². The minimum atomic E-state index is -0.649. The van der Waals surface area contributed by atoms with Gasteiger partial charge < -0.3 is 20.3 Å². The monoisotopic (exact) mass is 688 g/mol. The summed E-state index contributed by atoms with van der Waals surface area (Å²) in [6, 6.07) is 9.97. The molecule has 1 amide bonds. The van der Waals surface area contributed by atoms with Gasteiger partial charge in [0.25, 0.3) is 0 Å². The summed E-state index contributed by atoms with van der Waals surface area (Å²) in [7, 11) is 0. The highest BCUT2D eigenvalue weighted by molar-refractivity contribution is 6.02. The third-order valence-corrected chi connectivity index (χ3v) is 9.95. The van der Waals surface area contributed by atoms with Crippen LogP contribution in [0.25, 0.3) is 0 Å². The highest BCUT2D eigenvalue weighted by Crippen LogP contribution is 2.41. The topological polar surface area (TPSA) is 98.3 Å². The zero-order valence-electron chi connectivity index (χ0n) is 28.8. The van der Waals surface area contributed by atoms with E-state index in [0.29, 0.717) is 53.4 Å². The van der Waals surface area contributed by atoms with E-state index < -0.39 is 17.7 Å². The van der Waals surface area contributed by atoms with Crippen LogP contribution in [0.5, 0.6) is 5.75 Å². The number of halogens is 2. The fourth-order valence-corrected chi connectivity index (χ4v) is 7.38. The molecule has 11 nitrogen and oxygen atoms in total. The molecule has 3 aliphatic heterocycles. The Balaban J connectivity index is 1.12. The first-order chi connectivity index (χ1) is 24.2. The number of piperidine rings is 1. The highest BCUT2D eigenvalue weighted by atomic mass is 19.1. The Kier molecular flexibility index (Phi) is 10.2. The molecule has 7 rings (SSSR count). The lowest BCUT2D eigenvalue weighted by atomic mass is 10.0. The zero-order chi connectivity index (χ0) is 34.8. The minimum absolute atomic E-state index is 0.122. The first kappa shape index (κ1) is 34.1. The van der Waals surface area contributed by atoms with Crippen molar-refractivity contribution >= 4 is 34.6 Å². The van der Waals surface area contributed by atoms with Gasteiger partial charge in [0.15, 0.2) is 5.82 Å². The molecule has 2 aromatic carbocycles. The average Bonchev–Trinajstić information content (AvgIpc) is 3.84. The molecular formula is C37H46F2N8O3. The van der Waals surface area contributed by atoms with Crippen LogP contribution < -0.4 is 25.3 Å². The van der Waals surface area contributed by atoms with Crippen molar-refractivity contribution in [2.75, 3.05) is 66.5 Å². The smallest absolute Gasteiger partial charge is 0.247 e. The van der Waals surface area contributed by atoms with E-state index in [4.69, 9.17) is 9.57 Å². The molecule has 2 N–H and O–H groups in total. The molecule has 3 aromatic rings. The van der Waals surface area contributed by atoms with E-state index in [-0.39, 0.29) is 12.0 Å². The van der Waals surface area contributed by atoms with Gasteiger partial charge in [0.1, 0.15) is 29.5 Å². The molecular weight excluding hydrogens is 642 g/mol. The summed E-state index contributed by atoms with van der Waals surface area (Å²) in [4.78, 5) is 35.0. The Morgan fingerprint density at radius 3 is 2.22 bits per heavy atom. The second kappa shape index (κ2) is 14.9. The maximum atomic E-state index is 14.1. The molecule has 50 heavy (non-hydrogen) atoms. The number of carbonyl (C=O) groups excluding carboxylic acids is 1. The van der Waals surface area contributed by atoms with Gasteiger partial charge in [0, 0.05) is 76.0 Å². The van der Waals surface area contributed by atoms with Crippen molar-refractivity contribution < 1.29 is 23.1 Å². The van der Waals surface area contributed by atoms with Crippen LogP contribution >= 0.6 is 0 Å². The summed E-state index contributed by atoms with van der Waals surface area (Å²) >= 11 is 0. The number of hydroxylamine groups is 1. The molecule has 266 valence electrons. The largest absolute Gasteiger partial charge is 0.489 e. The van der Waals surface area contributed by atoms with Crippen LogP contribution in [0, 0.1) is 11.6 Å². The van der Waals surface area contributed by atoms with Gasteiger partial charge in [-0.25, -0.2) is 23.8 Å². The van der Waals surface area contributed by atoms with Crippen LogP contribution in [0.1, 0.15) is 57.6 Å². The van der Waals surface area contributed by atoms with Gasteiger partial charge in [-0.05, 0) is 69.4 Å². The number of hydrogen-bond donors (Lipinski definition) is 2. The Bertz CT molecular complexity index is 1670. The number of aromatic nitrogens is 2.